The predicted octanol–water partition coefficient (Wildman–Crippen LogP) is 3.16. The van der Waals surface area contributed by atoms with Gasteiger partial charge in [0.15, 0.2) is 5.01 Å². The summed E-state index contributed by atoms with van der Waals surface area (Å²) in [6.45, 7) is 2.41. The van der Waals surface area contributed by atoms with E-state index in [2.05, 4.69) is 66.4 Å². The first-order chi connectivity index (χ1) is 5.61. The van der Waals surface area contributed by atoms with Gasteiger partial charge in [-0.2, -0.15) is 0 Å². The zero-order valence-electron chi connectivity index (χ0n) is 6.31. The van der Waals surface area contributed by atoms with E-state index < -0.39 is 6.09 Å². The molecular weight excluding hydrogens is 452 g/mol. The number of rotatable bonds is 3. The average molecular weight is 460 g/mol. The first kappa shape index (κ1) is 12.9. The molecule has 0 aromatic rings. The van der Waals surface area contributed by atoms with E-state index in [1.165, 1.54) is 0 Å². The van der Waals surface area contributed by atoms with Gasteiger partial charge in [0.2, 0.25) is 0 Å². The lowest BCUT2D eigenvalue weighted by molar-refractivity contribution is 0.151. The van der Waals surface area contributed by atoms with E-state index in [0.717, 1.165) is 3.58 Å². The summed E-state index contributed by atoms with van der Waals surface area (Å²) in [7, 11) is 0. The molecule has 0 saturated carbocycles. The second kappa shape index (κ2) is 7.36. The molecule has 12 heavy (non-hydrogen) atoms. The molecule has 0 rings (SSSR count). The molecule has 1 unspecified atom stereocenters. The van der Waals surface area contributed by atoms with Crippen molar-refractivity contribution in [1.29, 1.82) is 0 Å². The fraction of sp³-hybridized carbons (Fsp3) is 0.500. The van der Waals surface area contributed by atoms with Crippen LogP contribution in [0.5, 0.6) is 0 Å². The minimum absolute atomic E-state index is 0.346. The van der Waals surface area contributed by atoms with Gasteiger partial charge in [-0.15, -0.1) is 0 Å². The molecule has 0 aliphatic carbocycles. The summed E-state index contributed by atoms with van der Waals surface area (Å²) in [5, 5.41) is 2.19. The van der Waals surface area contributed by atoms with Crippen molar-refractivity contribution in [3.63, 3.8) is 0 Å². The van der Waals surface area contributed by atoms with Gasteiger partial charge >= 0.3 is 6.09 Å². The van der Waals surface area contributed by atoms with Crippen molar-refractivity contribution in [2.75, 3.05) is 6.54 Å². The number of carbonyl (C=O) groups excluding carboxylic acids is 1. The highest BCUT2D eigenvalue weighted by Crippen LogP contribution is 2.21. The fourth-order valence-corrected chi connectivity index (χ4v) is 1.64. The predicted molar refractivity (Wildman–Crippen MR) is 69.0 cm³/mol. The van der Waals surface area contributed by atoms with E-state index in [-0.39, 0.29) is 5.01 Å². The third-order valence-corrected chi connectivity index (χ3v) is 5.13. The van der Waals surface area contributed by atoms with Crippen LogP contribution in [-0.2, 0) is 4.74 Å². The highest BCUT2D eigenvalue weighted by Gasteiger charge is 2.11. The molecule has 0 radical (unpaired) electrons. The molecule has 70 valence electrons. The number of hydrogen-bond acceptors (Lipinski definition) is 2. The highest BCUT2D eigenvalue weighted by molar-refractivity contribution is 14.1. The summed E-state index contributed by atoms with van der Waals surface area (Å²) >= 11 is 7.39. The summed E-state index contributed by atoms with van der Waals surface area (Å²) in [6, 6.07) is 0. The second-order valence-corrected chi connectivity index (χ2v) is 4.45. The standard InChI is InChI=1S/C6H8BrI2NO2/c1-2-10-6(11)12-5(7)4(9)3-8/h3,5H,2H2,1H3,(H,10,11)/b4-3-. The number of amides is 1. The summed E-state index contributed by atoms with van der Waals surface area (Å²) in [5.41, 5.74) is 0. The molecule has 1 N–H and O–H groups in total. The molecular formula is C6H8BrI2NO2. The Kier molecular flexibility index (Phi) is 7.95. The SMILES string of the molecule is CCNC(=O)OC(Br)/C(I)=C/I. The maximum atomic E-state index is 10.9. The van der Waals surface area contributed by atoms with E-state index in [0.29, 0.717) is 6.54 Å². The zero-order chi connectivity index (χ0) is 9.56. The first-order valence-corrected chi connectivity index (χ1v) is 6.40. The lowest BCUT2D eigenvalue weighted by Crippen LogP contribution is -2.26. The Balaban J connectivity index is 3.84. The van der Waals surface area contributed by atoms with Crippen LogP contribution >= 0.6 is 61.1 Å². The number of hydrogen-bond donors (Lipinski definition) is 1. The van der Waals surface area contributed by atoms with Gasteiger partial charge in [0.05, 0.1) is 0 Å². The Morgan fingerprint density at radius 3 is 2.83 bits per heavy atom. The number of alkyl halides is 1. The average Bonchev–Trinajstić information content (AvgIpc) is 2.03. The summed E-state index contributed by atoms with van der Waals surface area (Å²) in [5.74, 6) is 0. The smallest absolute Gasteiger partial charge is 0.408 e. The molecule has 0 aliphatic rings. The highest BCUT2D eigenvalue weighted by atomic mass is 127. The van der Waals surface area contributed by atoms with Gasteiger partial charge in [0.1, 0.15) is 0 Å². The van der Waals surface area contributed by atoms with Crippen LogP contribution in [0.2, 0.25) is 0 Å². The van der Waals surface area contributed by atoms with Crippen LogP contribution in [0.3, 0.4) is 0 Å². The topological polar surface area (TPSA) is 38.3 Å². The minimum atomic E-state index is -0.410. The van der Waals surface area contributed by atoms with Gasteiger partial charge in [0, 0.05) is 10.1 Å². The van der Waals surface area contributed by atoms with Crippen molar-refractivity contribution < 1.29 is 9.53 Å². The van der Waals surface area contributed by atoms with E-state index >= 15 is 0 Å². The third-order valence-electron chi connectivity index (χ3n) is 0.853. The Bertz CT molecular complexity index is 186. The van der Waals surface area contributed by atoms with Crippen LogP contribution in [0.1, 0.15) is 6.92 Å². The Hall–Kier alpha value is 0.950. The molecule has 1 amide bonds. The van der Waals surface area contributed by atoms with Crippen molar-refractivity contribution in [3.05, 3.63) is 7.66 Å². The Morgan fingerprint density at radius 2 is 2.42 bits per heavy atom. The van der Waals surface area contributed by atoms with Crippen molar-refractivity contribution in [1.82, 2.24) is 5.32 Å². The van der Waals surface area contributed by atoms with E-state index in [1.54, 1.807) is 0 Å². The second-order valence-electron chi connectivity index (χ2n) is 1.75. The van der Waals surface area contributed by atoms with Gasteiger partial charge < -0.3 is 10.1 Å². The molecule has 6 heteroatoms. The number of alkyl carbamates (subject to hydrolysis) is 1. The quantitative estimate of drug-likeness (QED) is 0.520. The lowest BCUT2D eigenvalue weighted by atomic mass is 10.7. The van der Waals surface area contributed by atoms with Crippen LogP contribution in [0.15, 0.2) is 7.66 Å². The molecule has 0 bridgehead atoms. The monoisotopic (exact) mass is 459 g/mol. The van der Waals surface area contributed by atoms with E-state index in [9.17, 15) is 4.79 Å². The molecule has 0 heterocycles. The number of ether oxygens (including phenoxy) is 1. The van der Waals surface area contributed by atoms with Gasteiger partial charge in [-0.1, -0.05) is 22.6 Å². The number of carbonyl (C=O) groups is 1. The molecule has 0 spiro atoms. The molecule has 0 saturated heterocycles. The minimum Gasteiger partial charge on any atom is -0.429 e. The van der Waals surface area contributed by atoms with Gasteiger partial charge in [-0.05, 0) is 49.5 Å². The molecule has 0 fully saturated rings. The number of nitrogens with one attached hydrogen (secondary N) is 1. The molecule has 0 aromatic carbocycles. The number of halogens is 3. The first-order valence-electron chi connectivity index (χ1n) is 3.16. The van der Waals surface area contributed by atoms with Crippen molar-refractivity contribution >= 4 is 67.2 Å². The maximum absolute atomic E-state index is 10.9. The van der Waals surface area contributed by atoms with Gasteiger partial charge in [-0.25, -0.2) is 4.79 Å². The fourth-order valence-electron chi connectivity index (χ4n) is 0.386. The summed E-state index contributed by atoms with van der Waals surface area (Å²) in [4.78, 5) is 10.9. The van der Waals surface area contributed by atoms with Gasteiger partial charge in [0.25, 0.3) is 0 Å². The summed E-state index contributed by atoms with van der Waals surface area (Å²) < 4.78 is 7.70. The van der Waals surface area contributed by atoms with Gasteiger partial charge in [-0.3, -0.25) is 0 Å². The normalized spacial score (nSPS) is 13.8. The maximum Gasteiger partial charge on any atom is 0.408 e. The van der Waals surface area contributed by atoms with Crippen LogP contribution in [0.4, 0.5) is 4.79 Å². The van der Waals surface area contributed by atoms with Crippen molar-refractivity contribution in [3.8, 4) is 0 Å². The summed E-state index contributed by atoms with van der Waals surface area (Å²) in [6.07, 6.45) is -0.410. The molecule has 0 aromatic heterocycles. The van der Waals surface area contributed by atoms with E-state index in [1.807, 2.05) is 11.0 Å². The lowest BCUT2D eigenvalue weighted by Gasteiger charge is -2.10. The molecule has 0 aliphatic heterocycles. The largest absolute Gasteiger partial charge is 0.429 e. The third kappa shape index (κ3) is 5.57. The van der Waals surface area contributed by atoms with Crippen LogP contribution in [0.25, 0.3) is 0 Å². The van der Waals surface area contributed by atoms with Crippen molar-refractivity contribution in [2.45, 2.75) is 11.9 Å². The Morgan fingerprint density at radius 1 is 1.83 bits per heavy atom. The zero-order valence-corrected chi connectivity index (χ0v) is 12.2. The molecule has 3 nitrogen and oxygen atoms in total. The molecule has 1 atom stereocenters. The van der Waals surface area contributed by atoms with Crippen LogP contribution in [0, 0.1) is 0 Å². The van der Waals surface area contributed by atoms with Crippen LogP contribution < -0.4 is 5.32 Å². The van der Waals surface area contributed by atoms with Crippen molar-refractivity contribution in [2.24, 2.45) is 0 Å². The van der Waals surface area contributed by atoms with E-state index in [4.69, 9.17) is 4.74 Å². The van der Waals surface area contributed by atoms with Crippen LogP contribution in [-0.4, -0.2) is 17.7 Å². The Labute approximate surface area is 107 Å².